The van der Waals surface area contributed by atoms with Gasteiger partial charge in [-0.25, -0.2) is 9.78 Å². The highest BCUT2D eigenvalue weighted by atomic mass is 32.2. The van der Waals surface area contributed by atoms with E-state index in [0.29, 0.717) is 11.3 Å². The number of H-pyrrole nitrogens is 1. The summed E-state index contributed by atoms with van der Waals surface area (Å²) in [5.41, 5.74) is 5.53. The highest BCUT2D eigenvalue weighted by molar-refractivity contribution is 7.98. The van der Waals surface area contributed by atoms with E-state index in [1.807, 2.05) is 56.4 Å². The molecule has 4 rings (SSSR count). The van der Waals surface area contributed by atoms with Gasteiger partial charge in [0.05, 0.1) is 11.9 Å². The first-order chi connectivity index (χ1) is 12.6. The summed E-state index contributed by atoms with van der Waals surface area (Å²) in [7, 11) is 0. The summed E-state index contributed by atoms with van der Waals surface area (Å²) < 4.78 is 5.44. The van der Waals surface area contributed by atoms with Crippen LogP contribution in [0.1, 0.15) is 16.7 Å². The van der Waals surface area contributed by atoms with E-state index >= 15 is 0 Å². The van der Waals surface area contributed by atoms with Crippen molar-refractivity contribution >= 4 is 22.7 Å². The lowest BCUT2D eigenvalue weighted by Gasteiger charge is -2.08. The van der Waals surface area contributed by atoms with E-state index in [2.05, 4.69) is 16.0 Å². The number of benzene rings is 2. The summed E-state index contributed by atoms with van der Waals surface area (Å²) >= 11 is 1.58. The van der Waals surface area contributed by atoms with E-state index in [9.17, 15) is 4.79 Å². The number of thioether (sulfide) groups is 1. The molecule has 0 bridgehead atoms. The Bertz CT molecular complexity index is 1130. The highest BCUT2D eigenvalue weighted by Gasteiger charge is 2.11. The molecule has 0 amide bonds. The molecule has 1 N–H and O–H groups in total. The number of imidazole rings is 1. The second-order valence-electron chi connectivity index (χ2n) is 6.23. The lowest BCUT2D eigenvalue weighted by molar-refractivity contribution is 0.557. The quantitative estimate of drug-likeness (QED) is 0.406. The zero-order chi connectivity index (χ0) is 18.1. The van der Waals surface area contributed by atoms with Gasteiger partial charge >= 0.3 is 5.63 Å². The molecule has 0 atom stereocenters. The number of nitrogens with zero attached hydrogens (tertiary/aromatic N) is 1. The molecule has 0 unspecified atom stereocenters. The predicted molar refractivity (Wildman–Crippen MR) is 106 cm³/mol. The van der Waals surface area contributed by atoms with E-state index in [1.165, 1.54) is 0 Å². The van der Waals surface area contributed by atoms with Gasteiger partial charge in [-0.3, -0.25) is 0 Å². The minimum atomic E-state index is -0.314. The van der Waals surface area contributed by atoms with Gasteiger partial charge in [-0.15, -0.1) is 0 Å². The Balaban J connectivity index is 1.62. The van der Waals surface area contributed by atoms with Crippen molar-refractivity contribution in [3.8, 4) is 11.3 Å². The van der Waals surface area contributed by atoms with E-state index in [1.54, 1.807) is 17.8 Å². The van der Waals surface area contributed by atoms with Crippen molar-refractivity contribution in [2.24, 2.45) is 0 Å². The Kier molecular flexibility index (Phi) is 4.39. The summed E-state index contributed by atoms with van der Waals surface area (Å²) in [5, 5.41) is 1.81. The highest BCUT2D eigenvalue weighted by Crippen LogP contribution is 2.28. The van der Waals surface area contributed by atoms with Crippen LogP contribution in [-0.4, -0.2) is 9.97 Å². The van der Waals surface area contributed by atoms with Gasteiger partial charge < -0.3 is 9.40 Å². The van der Waals surface area contributed by atoms with Crippen LogP contribution in [0.2, 0.25) is 0 Å². The first-order valence-electron chi connectivity index (χ1n) is 8.38. The average molecular weight is 362 g/mol. The summed E-state index contributed by atoms with van der Waals surface area (Å²) in [6.45, 7) is 4.00. The van der Waals surface area contributed by atoms with Crippen LogP contribution in [0.15, 0.2) is 69.1 Å². The van der Waals surface area contributed by atoms with Crippen molar-refractivity contribution in [1.82, 2.24) is 9.97 Å². The molecule has 4 nitrogen and oxygen atoms in total. The van der Waals surface area contributed by atoms with Gasteiger partial charge in [0, 0.05) is 17.2 Å². The van der Waals surface area contributed by atoms with E-state index in [4.69, 9.17) is 4.42 Å². The number of aryl methyl sites for hydroxylation is 2. The molecule has 0 aliphatic heterocycles. The molecular weight excluding hydrogens is 344 g/mol. The zero-order valence-corrected chi connectivity index (χ0v) is 15.4. The zero-order valence-electron chi connectivity index (χ0n) is 14.6. The number of nitrogens with one attached hydrogen (secondary N) is 1. The third-order valence-electron chi connectivity index (χ3n) is 4.52. The molecule has 0 saturated carbocycles. The average Bonchev–Trinajstić information content (AvgIpc) is 3.13. The number of hydrogen-bond donors (Lipinski definition) is 1. The fraction of sp³-hybridized carbons (Fsp3) is 0.143. The van der Waals surface area contributed by atoms with Crippen molar-refractivity contribution in [2.75, 3.05) is 0 Å². The van der Waals surface area contributed by atoms with Crippen LogP contribution in [0.25, 0.3) is 22.2 Å². The molecule has 2 aromatic carbocycles. The maximum absolute atomic E-state index is 12.0. The van der Waals surface area contributed by atoms with E-state index < -0.39 is 0 Å². The molecule has 0 fully saturated rings. The second-order valence-corrected chi connectivity index (χ2v) is 7.20. The minimum Gasteiger partial charge on any atom is -0.422 e. The van der Waals surface area contributed by atoms with Crippen molar-refractivity contribution < 1.29 is 4.42 Å². The molecule has 0 spiro atoms. The summed E-state index contributed by atoms with van der Waals surface area (Å²) in [5.74, 6) is 0.645. The molecule has 130 valence electrons. The number of aromatic nitrogens is 2. The van der Waals surface area contributed by atoms with Gasteiger partial charge in [0.25, 0.3) is 0 Å². The lowest BCUT2D eigenvalue weighted by atomic mass is 10.0. The second kappa shape index (κ2) is 6.84. The summed E-state index contributed by atoms with van der Waals surface area (Å²) in [4.78, 5) is 19.7. The largest absolute Gasteiger partial charge is 0.422 e. The number of rotatable bonds is 4. The predicted octanol–water partition coefficient (Wildman–Crippen LogP) is 5.09. The van der Waals surface area contributed by atoms with Crippen molar-refractivity contribution in [2.45, 2.75) is 24.8 Å². The Morgan fingerprint density at radius 2 is 1.92 bits per heavy atom. The first kappa shape index (κ1) is 16.7. The van der Waals surface area contributed by atoms with Crippen molar-refractivity contribution in [1.29, 1.82) is 0 Å². The standard InChI is InChI=1S/C21H18N2O2S/c1-13-8-9-17-16(10-19(24)25-20(17)14(13)2)12-26-21-22-11-18(23-21)15-6-4-3-5-7-15/h3-11H,12H2,1-2H3,(H,22,23). The van der Waals surface area contributed by atoms with Crippen LogP contribution in [0.5, 0.6) is 0 Å². The van der Waals surface area contributed by atoms with E-state index in [-0.39, 0.29) is 5.63 Å². The van der Waals surface area contributed by atoms with Crippen LogP contribution >= 0.6 is 11.8 Å². The SMILES string of the molecule is Cc1ccc2c(CSc3ncc(-c4ccccc4)[nH]3)cc(=O)oc2c1C. The van der Waals surface area contributed by atoms with Crippen molar-refractivity contribution in [3.05, 3.63) is 81.8 Å². The minimum absolute atomic E-state index is 0.314. The first-order valence-corrected chi connectivity index (χ1v) is 9.36. The maximum atomic E-state index is 12.0. The van der Waals surface area contributed by atoms with E-state index in [0.717, 1.165) is 38.5 Å². The van der Waals surface area contributed by atoms with Crippen LogP contribution in [-0.2, 0) is 5.75 Å². The fourth-order valence-corrected chi connectivity index (χ4v) is 3.77. The maximum Gasteiger partial charge on any atom is 0.336 e. The van der Waals surface area contributed by atoms with Gasteiger partial charge in [-0.2, -0.15) is 0 Å². The topological polar surface area (TPSA) is 58.9 Å². The molecule has 0 aliphatic carbocycles. The summed E-state index contributed by atoms with van der Waals surface area (Å²) in [6, 6.07) is 15.7. The Morgan fingerprint density at radius 1 is 1.12 bits per heavy atom. The molecule has 0 saturated heterocycles. The van der Waals surface area contributed by atoms with Crippen molar-refractivity contribution in [3.63, 3.8) is 0 Å². The Hall–Kier alpha value is -2.79. The van der Waals surface area contributed by atoms with Gasteiger partial charge in [0.1, 0.15) is 5.58 Å². The number of aromatic amines is 1. The fourth-order valence-electron chi connectivity index (χ4n) is 2.93. The van der Waals surface area contributed by atoms with Gasteiger partial charge in [-0.05, 0) is 36.1 Å². The monoisotopic (exact) mass is 362 g/mol. The third-order valence-corrected chi connectivity index (χ3v) is 5.46. The Morgan fingerprint density at radius 3 is 2.73 bits per heavy atom. The normalized spacial score (nSPS) is 11.2. The van der Waals surface area contributed by atoms with Gasteiger partial charge in [0.2, 0.25) is 0 Å². The molecule has 5 heteroatoms. The van der Waals surface area contributed by atoms with Crippen LogP contribution in [0.3, 0.4) is 0 Å². The molecule has 4 aromatic rings. The molecule has 2 aromatic heterocycles. The number of hydrogen-bond acceptors (Lipinski definition) is 4. The third kappa shape index (κ3) is 3.18. The summed E-state index contributed by atoms with van der Waals surface area (Å²) in [6.07, 6.45) is 1.84. The van der Waals surface area contributed by atoms with Crippen LogP contribution < -0.4 is 5.63 Å². The molecule has 26 heavy (non-hydrogen) atoms. The smallest absolute Gasteiger partial charge is 0.336 e. The molecule has 0 aliphatic rings. The number of fused-ring (bicyclic) bond motifs is 1. The van der Waals surface area contributed by atoms with Gasteiger partial charge in [0.15, 0.2) is 5.16 Å². The molecular formula is C21H18N2O2S. The van der Waals surface area contributed by atoms with Crippen LogP contribution in [0, 0.1) is 13.8 Å². The Labute approximate surface area is 155 Å². The molecule has 2 heterocycles. The molecule has 0 radical (unpaired) electrons. The van der Waals surface area contributed by atoms with Crippen LogP contribution in [0.4, 0.5) is 0 Å². The van der Waals surface area contributed by atoms with Gasteiger partial charge in [-0.1, -0.05) is 54.2 Å². The lowest BCUT2D eigenvalue weighted by Crippen LogP contribution is -2.01.